The van der Waals surface area contributed by atoms with Crippen LogP contribution >= 0.6 is 0 Å². The molecule has 0 spiro atoms. The number of benzene rings is 1. The highest BCUT2D eigenvalue weighted by atomic mass is 16.5. The van der Waals surface area contributed by atoms with Gasteiger partial charge in [0.25, 0.3) is 0 Å². The number of methoxy groups -OCH3 is 2. The smallest absolute Gasteiger partial charge is 0.316 e. The summed E-state index contributed by atoms with van der Waals surface area (Å²) in [6.07, 6.45) is 3.65. The average Bonchev–Trinajstić information content (AvgIpc) is 3.05. The molecule has 0 aliphatic carbocycles. The fourth-order valence-corrected chi connectivity index (χ4v) is 6.52. The van der Waals surface area contributed by atoms with Crippen molar-refractivity contribution in [1.82, 2.24) is 9.47 Å². The summed E-state index contributed by atoms with van der Waals surface area (Å²) in [6, 6.07) is 6.31. The summed E-state index contributed by atoms with van der Waals surface area (Å²) in [4.78, 5) is 15.5. The zero-order valence-electron chi connectivity index (χ0n) is 17.4. The summed E-state index contributed by atoms with van der Waals surface area (Å²) in [5, 5.41) is 11.7. The van der Waals surface area contributed by atoms with Gasteiger partial charge in [0.1, 0.15) is 11.2 Å². The lowest BCUT2D eigenvalue weighted by Crippen LogP contribution is -2.69. The maximum atomic E-state index is 13.1. The number of allylic oxidation sites excluding steroid dienone is 1. The minimum absolute atomic E-state index is 0.00184. The number of carbonyl (C=O) groups excluding carboxylic acids is 1. The molecule has 3 saturated heterocycles. The van der Waals surface area contributed by atoms with E-state index in [-0.39, 0.29) is 30.6 Å². The predicted molar refractivity (Wildman–Crippen MR) is 110 cm³/mol. The molecule has 1 aromatic heterocycles. The maximum Gasteiger partial charge on any atom is 0.316 e. The van der Waals surface area contributed by atoms with Crippen molar-refractivity contribution in [2.24, 2.45) is 18.4 Å². The lowest BCUT2D eigenvalue weighted by Gasteiger charge is -2.62. The van der Waals surface area contributed by atoms with E-state index in [1.165, 1.54) is 29.3 Å². The first kappa shape index (κ1) is 18.7. The summed E-state index contributed by atoms with van der Waals surface area (Å²) in [5.74, 6) is 0.571. The quantitative estimate of drug-likeness (QED) is 0.638. The normalized spacial score (nSPS) is 33.8. The van der Waals surface area contributed by atoms with Crippen LogP contribution in [-0.4, -0.2) is 54.0 Å². The fraction of sp³-hybridized carbons (Fsp3) is 0.522. The molecule has 0 radical (unpaired) electrons. The third-order valence-corrected chi connectivity index (χ3v) is 7.75. The van der Waals surface area contributed by atoms with Crippen LogP contribution in [0.4, 0.5) is 0 Å². The zero-order chi connectivity index (χ0) is 20.5. The first-order valence-corrected chi connectivity index (χ1v) is 10.3. The number of hydrogen-bond acceptors (Lipinski definition) is 5. The monoisotopic (exact) mass is 396 g/mol. The van der Waals surface area contributed by atoms with Gasteiger partial charge in [0.15, 0.2) is 0 Å². The summed E-state index contributed by atoms with van der Waals surface area (Å²) < 4.78 is 13.2. The van der Waals surface area contributed by atoms with Gasteiger partial charge >= 0.3 is 5.97 Å². The SMILES string of the molecule is C/C=C1/CN2[C@H]3Cc4c(n(C)c5c(OC)cccc45)[C@@H]2C[C@@H]1[C@@]3(CO)C(=O)OC. The largest absolute Gasteiger partial charge is 0.495 e. The number of esters is 1. The van der Waals surface area contributed by atoms with Crippen LogP contribution in [-0.2, 0) is 23.0 Å². The Labute approximate surface area is 170 Å². The Morgan fingerprint density at radius 1 is 1.38 bits per heavy atom. The zero-order valence-corrected chi connectivity index (χ0v) is 17.4. The summed E-state index contributed by atoms with van der Waals surface area (Å²) >= 11 is 0. The Bertz CT molecular complexity index is 1040. The molecule has 4 bridgehead atoms. The third kappa shape index (κ3) is 2.11. The standard InChI is InChI=1S/C23H28N2O4/c1-5-13-11-25-17-10-16(13)23(12-26,22(27)29-4)19(25)9-15-14-7-6-8-18(28-3)21(14)24(2)20(15)17/h5-8,16-17,19,26H,9-12H2,1-4H3/b13-5-/t16-,17-,19-,23+/m0/s1. The van der Waals surface area contributed by atoms with E-state index in [2.05, 4.69) is 28.7 Å². The molecule has 4 aliphatic heterocycles. The van der Waals surface area contributed by atoms with Crippen molar-refractivity contribution in [3.63, 3.8) is 0 Å². The number of aliphatic hydroxyl groups excluding tert-OH is 1. The number of carbonyl (C=O) groups is 1. The molecule has 0 amide bonds. The molecular formula is C23H28N2O4. The summed E-state index contributed by atoms with van der Waals surface area (Å²) in [5.41, 5.74) is 4.01. The summed E-state index contributed by atoms with van der Waals surface area (Å²) in [7, 11) is 5.25. The van der Waals surface area contributed by atoms with Crippen molar-refractivity contribution in [1.29, 1.82) is 0 Å². The van der Waals surface area contributed by atoms with Gasteiger partial charge in [0.05, 0.1) is 32.4 Å². The Morgan fingerprint density at radius 2 is 2.17 bits per heavy atom. The number of aryl methyl sites for hydroxylation is 1. The molecule has 1 aromatic carbocycles. The first-order chi connectivity index (χ1) is 14.0. The van der Waals surface area contributed by atoms with Crippen LogP contribution in [0.15, 0.2) is 29.8 Å². The van der Waals surface area contributed by atoms with E-state index in [0.29, 0.717) is 0 Å². The molecule has 1 N–H and O–H groups in total. The van der Waals surface area contributed by atoms with Crippen molar-refractivity contribution in [3.8, 4) is 5.75 Å². The molecule has 5 atom stereocenters. The van der Waals surface area contributed by atoms with E-state index in [4.69, 9.17) is 9.47 Å². The van der Waals surface area contributed by atoms with Gasteiger partial charge in [-0.15, -0.1) is 0 Å². The fourth-order valence-electron chi connectivity index (χ4n) is 6.52. The molecule has 3 fully saturated rings. The molecule has 6 nitrogen and oxygen atoms in total. The highest BCUT2D eigenvalue weighted by Crippen LogP contribution is 2.60. The van der Waals surface area contributed by atoms with E-state index in [9.17, 15) is 9.90 Å². The van der Waals surface area contributed by atoms with Crippen LogP contribution in [0.1, 0.15) is 30.6 Å². The number of aliphatic hydroxyl groups is 1. The van der Waals surface area contributed by atoms with Gasteiger partial charge in [-0.05, 0) is 31.4 Å². The van der Waals surface area contributed by atoms with Crippen molar-refractivity contribution < 1.29 is 19.4 Å². The first-order valence-electron chi connectivity index (χ1n) is 10.3. The van der Waals surface area contributed by atoms with Gasteiger partial charge in [-0.2, -0.15) is 0 Å². The Balaban J connectivity index is 1.77. The van der Waals surface area contributed by atoms with Crippen LogP contribution in [0.3, 0.4) is 0 Å². The third-order valence-electron chi connectivity index (χ3n) is 7.75. The highest BCUT2D eigenvalue weighted by molar-refractivity contribution is 5.91. The van der Waals surface area contributed by atoms with E-state index >= 15 is 0 Å². The van der Waals surface area contributed by atoms with Gasteiger partial charge in [-0.1, -0.05) is 23.8 Å². The van der Waals surface area contributed by atoms with Gasteiger partial charge in [0, 0.05) is 36.6 Å². The van der Waals surface area contributed by atoms with E-state index < -0.39 is 5.41 Å². The molecule has 1 unspecified atom stereocenters. The predicted octanol–water partition coefficient (Wildman–Crippen LogP) is 2.59. The van der Waals surface area contributed by atoms with Crippen LogP contribution in [0.25, 0.3) is 10.9 Å². The average molecular weight is 396 g/mol. The van der Waals surface area contributed by atoms with Crippen LogP contribution in [0, 0.1) is 11.3 Å². The maximum absolute atomic E-state index is 13.1. The molecule has 0 saturated carbocycles. The molecule has 2 aromatic rings. The number of aromatic nitrogens is 1. The number of fused-ring (bicyclic) bond motifs is 4. The number of piperidine rings is 3. The summed E-state index contributed by atoms with van der Waals surface area (Å²) in [6.45, 7) is 2.67. The second-order valence-corrected chi connectivity index (χ2v) is 8.53. The number of hydrogen-bond donors (Lipinski definition) is 1. The second-order valence-electron chi connectivity index (χ2n) is 8.53. The molecule has 154 valence electrons. The molecule has 6 rings (SSSR count). The van der Waals surface area contributed by atoms with Crippen molar-refractivity contribution >= 4 is 16.9 Å². The number of ether oxygens (including phenoxy) is 2. The lowest BCUT2D eigenvalue weighted by atomic mass is 9.55. The van der Waals surface area contributed by atoms with Crippen molar-refractivity contribution in [3.05, 3.63) is 41.1 Å². The number of rotatable bonds is 3. The van der Waals surface area contributed by atoms with E-state index in [1.54, 1.807) is 7.11 Å². The minimum atomic E-state index is -0.913. The Morgan fingerprint density at radius 3 is 2.83 bits per heavy atom. The number of para-hydroxylation sites is 1. The van der Waals surface area contributed by atoms with Crippen LogP contribution in [0.2, 0.25) is 0 Å². The Kier molecular flexibility index (Phi) is 4.09. The second kappa shape index (κ2) is 6.34. The van der Waals surface area contributed by atoms with Gasteiger partial charge < -0.3 is 19.1 Å². The molecule has 6 heteroatoms. The highest BCUT2D eigenvalue weighted by Gasteiger charge is 2.65. The van der Waals surface area contributed by atoms with Crippen molar-refractivity contribution in [2.45, 2.75) is 31.8 Å². The molecule has 29 heavy (non-hydrogen) atoms. The van der Waals surface area contributed by atoms with E-state index in [0.717, 1.165) is 30.7 Å². The number of nitrogens with zero attached hydrogens (tertiary/aromatic N) is 2. The van der Waals surface area contributed by atoms with Gasteiger partial charge in [-0.3, -0.25) is 9.69 Å². The molecule has 5 heterocycles. The van der Waals surface area contributed by atoms with Crippen LogP contribution in [0.5, 0.6) is 5.75 Å². The lowest BCUT2D eigenvalue weighted by molar-refractivity contribution is -0.183. The van der Waals surface area contributed by atoms with Crippen molar-refractivity contribution in [2.75, 3.05) is 27.4 Å². The molecular weight excluding hydrogens is 368 g/mol. The Hall–Kier alpha value is -2.31. The van der Waals surface area contributed by atoms with Crippen LogP contribution < -0.4 is 4.74 Å². The van der Waals surface area contributed by atoms with Gasteiger partial charge in [-0.25, -0.2) is 0 Å². The minimum Gasteiger partial charge on any atom is -0.495 e. The van der Waals surface area contributed by atoms with Gasteiger partial charge in [0.2, 0.25) is 0 Å². The molecule has 4 aliphatic rings. The topological polar surface area (TPSA) is 63.9 Å². The van der Waals surface area contributed by atoms with E-state index in [1.807, 2.05) is 19.1 Å².